The molecule has 1 rings (SSSR count). The van der Waals surface area contributed by atoms with Gasteiger partial charge in [0.05, 0.1) is 18.8 Å². The van der Waals surface area contributed by atoms with Crippen LogP contribution in [0.3, 0.4) is 0 Å². The number of ether oxygens (including phenoxy) is 1. The molecule has 0 unspecified atom stereocenters. The lowest BCUT2D eigenvalue weighted by molar-refractivity contribution is -0.142. The first-order valence-corrected chi connectivity index (χ1v) is 6.01. The van der Waals surface area contributed by atoms with E-state index in [0.29, 0.717) is 18.0 Å². The topological polar surface area (TPSA) is 67.9 Å². The maximum atomic E-state index is 11.6. The van der Waals surface area contributed by atoms with Crippen LogP contribution in [0.4, 0.5) is 0 Å². The molecule has 0 N–H and O–H groups in total. The Morgan fingerprint density at radius 1 is 1.72 bits per heavy atom. The lowest BCUT2D eigenvalue weighted by atomic mass is 10.2. The van der Waals surface area contributed by atoms with Gasteiger partial charge in [0.25, 0.3) is 0 Å². The van der Waals surface area contributed by atoms with E-state index in [2.05, 4.69) is 5.10 Å². The summed E-state index contributed by atoms with van der Waals surface area (Å²) in [6.07, 6.45) is 4.46. The van der Waals surface area contributed by atoms with Gasteiger partial charge in [0.1, 0.15) is 11.6 Å². The highest BCUT2D eigenvalue weighted by Gasteiger charge is 2.12. The molecule has 6 heteroatoms. The monoisotopic (exact) mass is 267 g/mol. The van der Waals surface area contributed by atoms with Gasteiger partial charge in [0.15, 0.2) is 0 Å². The smallest absolute Gasteiger partial charge is 0.349 e. The molecule has 96 valence electrons. The SMILES string of the molecule is CC(C)OC(=O)/C(C#N)=C\c1cnn(CCCl)c1. The van der Waals surface area contributed by atoms with Crippen molar-refractivity contribution in [3.05, 3.63) is 23.5 Å². The van der Waals surface area contributed by atoms with E-state index in [0.717, 1.165) is 0 Å². The first-order valence-electron chi connectivity index (χ1n) is 5.48. The number of carbonyl (C=O) groups excluding carboxylic acids is 1. The summed E-state index contributed by atoms with van der Waals surface area (Å²) in [5.41, 5.74) is 0.617. The molecular formula is C12H14ClN3O2. The zero-order valence-electron chi connectivity index (χ0n) is 10.3. The van der Waals surface area contributed by atoms with Gasteiger partial charge in [-0.15, -0.1) is 11.6 Å². The van der Waals surface area contributed by atoms with Crippen molar-refractivity contribution in [2.75, 3.05) is 5.88 Å². The first-order chi connectivity index (χ1) is 8.56. The van der Waals surface area contributed by atoms with Gasteiger partial charge >= 0.3 is 5.97 Å². The molecular weight excluding hydrogens is 254 g/mol. The number of aromatic nitrogens is 2. The molecule has 1 heterocycles. The quantitative estimate of drug-likeness (QED) is 0.354. The minimum Gasteiger partial charge on any atom is -0.459 e. The van der Waals surface area contributed by atoms with Crippen molar-refractivity contribution in [1.29, 1.82) is 5.26 Å². The van der Waals surface area contributed by atoms with Crippen LogP contribution in [0.2, 0.25) is 0 Å². The number of carbonyl (C=O) groups is 1. The molecule has 0 aliphatic carbocycles. The highest BCUT2D eigenvalue weighted by atomic mass is 35.5. The standard InChI is InChI=1S/C12H14ClN3O2/c1-9(2)18-12(17)11(6-14)5-10-7-15-16(8-10)4-3-13/h5,7-9H,3-4H2,1-2H3/b11-5-. The van der Waals surface area contributed by atoms with Crippen molar-refractivity contribution in [3.8, 4) is 6.07 Å². The van der Waals surface area contributed by atoms with Crippen LogP contribution in [0, 0.1) is 11.3 Å². The number of halogens is 1. The van der Waals surface area contributed by atoms with Crippen molar-refractivity contribution in [2.45, 2.75) is 26.5 Å². The third-order valence-corrected chi connectivity index (χ3v) is 2.13. The van der Waals surface area contributed by atoms with Crippen LogP contribution in [-0.4, -0.2) is 27.7 Å². The minimum absolute atomic E-state index is 0.0471. The number of rotatable bonds is 5. The molecule has 0 spiro atoms. The normalized spacial score (nSPS) is 11.4. The Bertz CT molecular complexity index is 486. The van der Waals surface area contributed by atoms with Crippen molar-refractivity contribution in [2.24, 2.45) is 0 Å². The lowest BCUT2D eigenvalue weighted by Gasteiger charge is -2.05. The fourth-order valence-corrected chi connectivity index (χ4v) is 1.42. The van der Waals surface area contributed by atoms with Crippen molar-refractivity contribution in [3.63, 3.8) is 0 Å². The third kappa shape index (κ3) is 4.22. The zero-order valence-corrected chi connectivity index (χ0v) is 11.0. The predicted molar refractivity (Wildman–Crippen MR) is 67.8 cm³/mol. The summed E-state index contributed by atoms with van der Waals surface area (Å²) in [7, 11) is 0. The molecule has 0 aliphatic heterocycles. The fourth-order valence-electron chi connectivity index (χ4n) is 1.24. The molecule has 1 aromatic heterocycles. The van der Waals surface area contributed by atoms with Gasteiger partial charge < -0.3 is 4.74 Å². The highest BCUT2D eigenvalue weighted by molar-refractivity contribution is 6.17. The summed E-state index contributed by atoms with van der Waals surface area (Å²) < 4.78 is 6.59. The molecule has 0 bridgehead atoms. The molecule has 0 atom stereocenters. The minimum atomic E-state index is -0.627. The molecule has 0 radical (unpaired) electrons. The van der Waals surface area contributed by atoms with Crippen molar-refractivity contribution >= 4 is 23.6 Å². The Balaban J connectivity index is 2.83. The van der Waals surface area contributed by atoms with Crippen molar-refractivity contribution in [1.82, 2.24) is 9.78 Å². The second-order valence-electron chi connectivity index (χ2n) is 3.85. The summed E-state index contributed by atoms with van der Waals surface area (Å²) in [6.45, 7) is 4.03. The van der Waals surface area contributed by atoms with Gasteiger partial charge in [0, 0.05) is 17.6 Å². The lowest BCUT2D eigenvalue weighted by Crippen LogP contribution is -2.12. The van der Waals surface area contributed by atoms with Gasteiger partial charge in [-0.05, 0) is 19.9 Å². The Hall–Kier alpha value is -1.80. The Morgan fingerprint density at radius 3 is 3.00 bits per heavy atom. The number of esters is 1. The third-order valence-electron chi connectivity index (χ3n) is 1.96. The fraction of sp³-hybridized carbons (Fsp3) is 0.417. The number of aryl methyl sites for hydroxylation is 1. The number of alkyl halides is 1. The average molecular weight is 268 g/mol. The number of nitrogens with zero attached hydrogens (tertiary/aromatic N) is 3. The molecule has 0 saturated carbocycles. The zero-order chi connectivity index (χ0) is 13.5. The van der Waals surface area contributed by atoms with E-state index < -0.39 is 5.97 Å². The molecule has 0 aliphatic rings. The molecule has 1 aromatic rings. The van der Waals surface area contributed by atoms with E-state index in [1.54, 1.807) is 30.9 Å². The molecule has 0 saturated heterocycles. The molecule has 18 heavy (non-hydrogen) atoms. The van der Waals surface area contributed by atoms with Gasteiger partial charge in [-0.25, -0.2) is 4.79 Å². The van der Waals surface area contributed by atoms with Crippen molar-refractivity contribution < 1.29 is 9.53 Å². The Morgan fingerprint density at radius 2 is 2.44 bits per heavy atom. The summed E-state index contributed by atoms with van der Waals surface area (Å²) in [5.74, 6) is -0.177. The maximum Gasteiger partial charge on any atom is 0.349 e. The first kappa shape index (κ1) is 14.3. The van der Waals surface area contributed by atoms with E-state index >= 15 is 0 Å². The maximum absolute atomic E-state index is 11.6. The van der Waals surface area contributed by atoms with Gasteiger partial charge in [-0.1, -0.05) is 0 Å². The van der Waals surface area contributed by atoms with Crippen LogP contribution < -0.4 is 0 Å². The van der Waals surface area contributed by atoms with Gasteiger partial charge in [-0.3, -0.25) is 4.68 Å². The van der Waals surface area contributed by atoms with E-state index in [-0.39, 0.29) is 11.7 Å². The highest BCUT2D eigenvalue weighted by Crippen LogP contribution is 2.08. The molecule has 0 amide bonds. The predicted octanol–water partition coefficient (Wildman–Crippen LogP) is 1.98. The summed E-state index contributed by atoms with van der Waals surface area (Å²) in [6, 6.07) is 1.82. The molecule has 5 nitrogen and oxygen atoms in total. The molecule has 0 aromatic carbocycles. The van der Waals surface area contributed by atoms with Crippen LogP contribution in [0.1, 0.15) is 19.4 Å². The largest absolute Gasteiger partial charge is 0.459 e. The Labute approximate surface area is 111 Å². The van der Waals surface area contributed by atoms with Crippen LogP contribution in [0.15, 0.2) is 18.0 Å². The van der Waals surface area contributed by atoms with E-state index in [1.807, 2.05) is 6.07 Å². The second kappa shape index (κ2) is 6.82. The van der Waals surface area contributed by atoms with Gasteiger partial charge in [0.2, 0.25) is 0 Å². The summed E-state index contributed by atoms with van der Waals surface area (Å²) in [4.78, 5) is 11.6. The van der Waals surface area contributed by atoms with Gasteiger partial charge in [-0.2, -0.15) is 10.4 Å². The van der Waals surface area contributed by atoms with E-state index in [1.165, 1.54) is 6.08 Å². The Kier molecular flexibility index (Phi) is 5.40. The molecule has 0 fully saturated rings. The van der Waals surface area contributed by atoms with Crippen LogP contribution in [-0.2, 0) is 16.1 Å². The van der Waals surface area contributed by atoms with E-state index in [4.69, 9.17) is 21.6 Å². The second-order valence-corrected chi connectivity index (χ2v) is 4.23. The van der Waals surface area contributed by atoms with Crippen LogP contribution in [0.25, 0.3) is 6.08 Å². The van der Waals surface area contributed by atoms with Crippen LogP contribution in [0.5, 0.6) is 0 Å². The summed E-state index contributed by atoms with van der Waals surface area (Å²) in [5, 5.41) is 13.0. The summed E-state index contributed by atoms with van der Waals surface area (Å²) >= 11 is 5.58. The van der Waals surface area contributed by atoms with E-state index in [9.17, 15) is 4.79 Å². The average Bonchev–Trinajstić information content (AvgIpc) is 2.73. The number of hydrogen-bond donors (Lipinski definition) is 0. The number of hydrogen-bond acceptors (Lipinski definition) is 4. The number of nitriles is 1. The van der Waals surface area contributed by atoms with Crippen LogP contribution >= 0.6 is 11.6 Å².